The zero-order valence-electron chi connectivity index (χ0n) is 12.6. The van der Waals surface area contributed by atoms with Gasteiger partial charge in [0.1, 0.15) is 0 Å². The van der Waals surface area contributed by atoms with Gasteiger partial charge in [-0.15, -0.1) is 0 Å². The number of esters is 1. The second-order valence-electron chi connectivity index (χ2n) is 5.02. The number of fused-ring (bicyclic) bond motifs is 1. The van der Waals surface area contributed by atoms with Gasteiger partial charge in [-0.2, -0.15) is 4.98 Å². The van der Waals surface area contributed by atoms with E-state index in [0.29, 0.717) is 22.9 Å². The van der Waals surface area contributed by atoms with Crippen LogP contribution in [-0.4, -0.2) is 27.9 Å². The summed E-state index contributed by atoms with van der Waals surface area (Å²) in [6, 6.07) is 6.51. The number of pyridine rings is 1. The number of nitrogens with zero attached hydrogens (tertiary/aromatic N) is 3. The number of hydrogen-bond donors (Lipinski definition) is 0. The van der Waals surface area contributed by atoms with Gasteiger partial charge in [0.25, 0.3) is 5.89 Å². The second-order valence-corrected chi connectivity index (χ2v) is 5.43. The molecule has 3 aromatic rings. The molecule has 0 bridgehead atoms. The Hall–Kier alpha value is -3.13. The monoisotopic (exact) mass is 359 g/mol. The van der Waals surface area contributed by atoms with Crippen molar-refractivity contribution in [3.63, 3.8) is 0 Å². The van der Waals surface area contributed by atoms with Crippen molar-refractivity contribution in [3.05, 3.63) is 53.1 Å². The Balaban J connectivity index is 1.44. The molecule has 0 radical (unpaired) electrons. The number of benzene rings is 1. The lowest BCUT2D eigenvalue weighted by Crippen LogP contribution is -2.05. The second kappa shape index (κ2) is 6.40. The Bertz CT molecular complexity index is 929. The molecule has 126 valence electrons. The molecule has 2 aromatic heterocycles. The van der Waals surface area contributed by atoms with Crippen molar-refractivity contribution in [2.24, 2.45) is 0 Å². The predicted octanol–water partition coefficient (Wildman–Crippen LogP) is 2.87. The first kappa shape index (κ1) is 15.4. The van der Waals surface area contributed by atoms with Crippen LogP contribution in [0.5, 0.6) is 11.5 Å². The zero-order valence-corrected chi connectivity index (χ0v) is 13.4. The minimum Gasteiger partial charge on any atom is -0.454 e. The summed E-state index contributed by atoms with van der Waals surface area (Å²) < 4.78 is 20.7. The van der Waals surface area contributed by atoms with E-state index < -0.39 is 5.97 Å². The molecule has 4 rings (SSSR count). The number of aromatic nitrogens is 3. The van der Waals surface area contributed by atoms with Gasteiger partial charge in [-0.3, -0.25) is 4.98 Å². The van der Waals surface area contributed by atoms with Crippen LogP contribution in [0.2, 0.25) is 5.02 Å². The van der Waals surface area contributed by atoms with Crippen molar-refractivity contribution in [2.75, 3.05) is 6.79 Å². The third-order valence-electron chi connectivity index (χ3n) is 3.38. The molecule has 1 aliphatic heterocycles. The van der Waals surface area contributed by atoms with Crippen LogP contribution in [0.25, 0.3) is 11.4 Å². The Morgan fingerprint density at radius 2 is 2.24 bits per heavy atom. The molecule has 0 saturated heterocycles. The molecule has 0 saturated carbocycles. The van der Waals surface area contributed by atoms with E-state index in [9.17, 15) is 4.79 Å². The van der Waals surface area contributed by atoms with Crippen molar-refractivity contribution in [3.8, 4) is 22.9 Å². The molecule has 1 aliphatic rings. The van der Waals surface area contributed by atoms with E-state index in [1.807, 2.05) is 0 Å². The number of ether oxygens (including phenoxy) is 3. The fraction of sp³-hybridized carbons (Fsp3) is 0.125. The topological polar surface area (TPSA) is 96.6 Å². The number of rotatable bonds is 4. The molecule has 3 heterocycles. The van der Waals surface area contributed by atoms with Gasteiger partial charge in [-0.05, 0) is 24.3 Å². The molecule has 8 nitrogen and oxygen atoms in total. The molecular formula is C16H10ClN3O5. The fourth-order valence-electron chi connectivity index (χ4n) is 2.22. The first-order valence-electron chi connectivity index (χ1n) is 7.20. The van der Waals surface area contributed by atoms with Gasteiger partial charge in [0.15, 0.2) is 18.1 Å². The van der Waals surface area contributed by atoms with Crippen LogP contribution >= 0.6 is 11.6 Å². The summed E-state index contributed by atoms with van der Waals surface area (Å²) in [6.45, 7) is -0.106. The zero-order chi connectivity index (χ0) is 17.2. The predicted molar refractivity (Wildman–Crippen MR) is 84.2 cm³/mol. The number of carbonyl (C=O) groups is 1. The van der Waals surface area contributed by atoms with Crippen LogP contribution in [0.1, 0.15) is 16.2 Å². The summed E-state index contributed by atoms with van der Waals surface area (Å²) in [6.07, 6.45) is 3.25. The number of hydrogen-bond acceptors (Lipinski definition) is 8. The third-order valence-corrected chi connectivity index (χ3v) is 3.66. The lowest BCUT2D eigenvalue weighted by Gasteiger charge is -2.04. The van der Waals surface area contributed by atoms with Crippen LogP contribution in [0.3, 0.4) is 0 Å². The van der Waals surface area contributed by atoms with Gasteiger partial charge in [0.2, 0.25) is 12.6 Å². The summed E-state index contributed by atoms with van der Waals surface area (Å²) in [7, 11) is 0. The Morgan fingerprint density at radius 3 is 3.08 bits per heavy atom. The Morgan fingerprint density at radius 1 is 1.32 bits per heavy atom. The van der Waals surface area contributed by atoms with Crippen molar-refractivity contribution >= 4 is 17.6 Å². The van der Waals surface area contributed by atoms with E-state index in [4.69, 9.17) is 30.3 Å². The highest BCUT2D eigenvalue weighted by molar-refractivity contribution is 6.32. The molecule has 0 amide bonds. The normalized spacial score (nSPS) is 12.2. The summed E-state index contributed by atoms with van der Waals surface area (Å²) in [5, 5.41) is 4.10. The molecule has 0 fully saturated rings. The highest BCUT2D eigenvalue weighted by atomic mass is 35.5. The first-order valence-corrected chi connectivity index (χ1v) is 7.58. The van der Waals surface area contributed by atoms with Crippen molar-refractivity contribution < 1.29 is 23.5 Å². The van der Waals surface area contributed by atoms with Crippen LogP contribution < -0.4 is 9.47 Å². The van der Waals surface area contributed by atoms with E-state index in [2.05, 4.69) is 15.1 Å². The molecule has 0 unspecified atom stereocenters. The smallest absolute Gasteiger partial charge is 0.338 e. The van der Waals surface area contributed by atoms with Crippen molar-refractivity contribution in [1.29, 1.82) is 0 Å². The van der Waals surface area contributed by atoms with Gasteiger partial charge in [0, 0.05) is 18.0 Å². The van der Waals surface area contributed by atoms with Gasteiger partial charge in [0.05, 0.1) is 10.6 Å². The van der Waals surface area contributed by atoms with Crippen molar-refractivity contribution in [2.45, 2.75) is 6.61 Å². The van der Waals surface area contributed by atoms with Crippen LogP contribution in [-0.2, 0) is 11.3 Å². The lowest BCUT2D eigenvalue weighted by molar-refractivity contribution is 0.0429. The Kier molecular flexibility index (Phi) is 3.95. The van der Waals surface area contributed by atoms with E-state index >= 15 is 0 Å². The first-order chi connectivity index (χ1) is 12.2. The highest BCUT2D eigenvalue weighted by Gasteiger charge is 2.21. The van der Waals surface area contributed by atoms with Gasteiger partial charge in [-0.25, -0.2) is 4.79 Å². The van der Waals surface area contributed by atoms with Crippen LogP contribution in [0.15, 0.2) is 41.2 Å². The molecule has 0 N–H and O–H groups in total. The summed E-state index contributed by atoms with van der Waals surface area (Å²) in [4.78, 5) is 20.3. The van der Waals surface area contributed by atoms with E-state index in [0.717, 1.165) is 0 Å². The minimum atomic E-state index is -0.596. The fourth-order valence-corrected chi connectivity index (χ4v) is 2.49. The molecular weight excluding hydrogens is 350 g/mol. The van der Waals surface area contributed by atoms with Crippen LogP contribution in [0.4, 0.5) is 0 Å². The largest absolute Gasteiger partial charge is 0.454 e. The maximum atomic E-state index is 12.2. The average molecular weight is 360 g/mol. The average Bonchev–Trinajstić information content (AvgIpc) is 3.30. The number of halogens is 1. The molecule has 9 heteroatoms. The van der Waals surface area contributed by atoms with E-state index in [-0.39, 0.29) is 29.9 Å². The number of carbonyl (C=O) groups excluding carboxylic acids is 1. The van der Waals surface area contributed by atoms with Gasteiger partial charge >= 0.3 is 5.97 Å². The van der Waals surface area contributed by atoms with Gasteiger partial charge in [-0.1, -0.05) is 16.8 Å². The molecule has 0 atom stereocenters. The van der Waals surface area contributed by atoms with E-state index in [1.54, 1.807) is 24.5 Å². The maximum absolute atomic E-state index is 12.2. The Labute approximate surface area is 146 Å². The molecule has 25 heavy (non-hydrogen) atoms. The summed E-state index contributed by atoms with van der Waals surface area (Å²) in [5.74, 6) is 0.748. The maximum Gasteiger partial charge on any atom is 0.338 e. The van der Waals surface area contributed by atoms with Crippen LogP contribution in [0, 0.1) is 0 Å². The van der Waals surface area contributed by atoms with Gasteiger partial charge < -0.3 is 18.7 Å². The highest BCUT2D eigenvalue weighted by Crippen LogP contribution is 2.39. The molecule has 0 spiro atoms. The quantitative estimate of drug-likeness (QED) is 0.656. The lowest BCUT2D eigenvalue weighted by atomic mass is 10.2. The minimum absolute atomic E-state index is 0.0622. The SMILES string of the molecule is O=C(OCc1nc(-c2cccnc2)no1)c1cc(Cl)c2c(c1)OCO2. The molecule has 1 aromatic carbocycles. The summed E-state index contributed by atoms with van der Waals surface area (Å²) >= 11 is 6.05. The standard InChI is InChI=1S/C16H10ClN3O5/c17-11-4-10(5-12-14(11)24-8-23-12)16(21)22-7-13-19-15(20-25-13)9-2-1-3-18-6-9/h1-6H,7-8H2. The van der Waals surface area contributed by atoms with E-state index in [1.165, 1.54) is 12.1 Å². The third kappa shape index (κ3) is 3.11. The summed E-state index contributed by atoms with van der Waals surface area (Å²) in [5.41, 5.74) is 0.938. The molecule has 0 aliphatic carbocycles. The van der Waals surface area contributed by atoms with Crippen molar-refractivity contribution in [1.82, 2.24) is 15.1 Å².